The maximum atomic E-state index is 9.82. The zero-order valence-corrected chi connectivity index (χ0v) is 8.94. The molecule has 0 aliphatic rings. The zero-order valence-electron chi connectivity index (χ0n) is 8.94. The maximum Gasteiger partial charge on any atom is 0.140 e. The number of aryl methyl sites for hydroxylation is 1. The van der Waals surface area contributed by atoms with Gasteiger partial charge in [-0.1, -0.05) is 6.92 Å². The molecule has 0 amide bonds. The number of aromatic nitrogens is 2. The van der Waals surface area contributed by atoms with E-state index in [4.69, 9.17) is 0 Å². The van der Waals surface area contributed by atoms with E-state index in [-0.39, 0.29) is 0 Å². The Kier molecular flexibility index (Phi) is 3.29. The van der Waals surface area contributed by atoms with Crippen LogP contribution in [0.2, 0.25) is 0 Å². The molecule has 1 rings (SSSR count). The van der Waals surface area contributed by atoms with Crippen LogP contribution in [-0.4, -0.2) is 25.4 Å². The topological polar surface area (TPSA) is 58.3 Å². The molecule has 4 nitrogen and oxygen atoms in total. The number of aliphatic hydroxyl groups is 2. The summed E-state index contributed by atoms with van der Waals surface area (Å²) in [5, 5.41) is 19.5. The number of hydrogen-bond acceptors (Lipinski definition) is 3. The number of hydrogen-bond donors (Lipinski definition) is 2. The van der Waals surface area contributed by atoms with Gasteiger partial charge >= 0.3 is 0 Å². The molecule has 4 heteroatoms. The van der Waals surface area contributed by atoms with Crippen molar-refractivity contribution in [3.05, 3.63) is 18.2 Å². The van der Waals surface area contributed by atoms with Crippen molar-refractivity contribution in [3.8, 4) is 0 Å². The molecule has 0 fully saturated rings. The lowest BCUT2D eigenvalue weighted by Gasteiger charge is -2.24. The molecule has 1 aromatic rings. The molecular weight excluding hydrogens is 180 g/mol. The summed E-state index contributed by atoms with van der Waals surface area (Å²) in [6.45, 7) is 6.01. The van der Waals surface area contributed by atoms with E-state index < -0.39 is 11.7 Å². The Morgan fingerprint density at radius 3 is 2.71 bits per heavy atom. The van der Waals surface area contributed by atoms with Crippen LogP contribution < -0.4 is 0 Å². The van der Waals surface area contributed by atoms with E-state index in [0.717, 1.165) is 13.0 Å². The first-order valence-corrected chi connectivity index (χ1v) is 4.88. The van der Waals surface area contributed by atoms with Crippen LogP contribution in [0.25, 0.3) is 0 Å². The Labute approximate surface area is 84.2 Å². The lowest BCUT2D eigenvalue weighted by Crippen LogP contribution is -2.30. The lowest BCUT2D eigenvalue weighted by atomic mass is 10.0. The van der Waals surface area contributed by atoms with Gasteiger partial charge in [0.1, 0.15) is 11.9 Å². The third kappa shape index (κ3) is 2.33. The van der Waals surface area contributed by atoms with E-state index in [2.05, 4.69) is 11.9 Å². The van der Waals surface area contributed by atoms with Crippen LogP contribution in [0.3, 0.4) is 0 Å². The van der Waals surface area contributed by atoms with Crippen molar-refractivity contribution in [2.45, 2.75) is 45.4 Å². The molecule has 80 valence electrons. The summed E-state index contributed by atoms with van der Waals surface area (Å²) in [7, 11) is 0. The van der Waals surface area contributed by atoms with Gasteiger partial charge in [-0.2, -0.15) is 0 Å². The molecule has 0 aliphatic heterocycles. The van der Waals surface area contributed by atoms with Gasteiger partial charge in [-0.25, -0.2) is 4.98 Å². The average Bonchev–Trinajstić information content (AvgIpc) is 2.50. The van der Waals surface area contributed by atoms with Gasteiger partial charge in [0, 0.05) is 18.9 Å². The Morgan fingerprint density at radius 1 is 1.57 bits per heavy atom. The summed E-state index contributed by atoms with van der Waals surface area (Å²) in [4.78, 5) is 4.05. The molecule has 0 spiro atoms. The molecule has 1 unspecified atom stereocenters. The first-order chi connectivity index (χ1) is 6.46. The fourth-order valence-electron chi connectivity index (χ4n) is 1.31. The first kappa shape index (κ1) is 11.2. The van der Waals surface area contributed by atoms with Crippen molar-refractivity contribution in [2.75, 3.05) is 0 Å². The molecule has 0 saturated heterocycles. The molecule has 2 N–H and O–H groups in total. The Morgan fingerprint density at radius 2 is 2.21 bits per heavy atom. The molecule has 14 heavy (non-hydrogen) atoms. The SMILES string of the molecule is CCCn1ccnc1C(O)C(C)(C)O. The van der Waals surface area contributed by atoms with E-state index in [1.165, 1.54) is 0 Å². The van der Waals surface area contributed by atoms with Gasteiger partial charge in [-0.3, -0.25) is 0 Å². The van der Waals surface area contributed by atoms with Crippen LogP contribution in [0.1, 0.15) is 39.1 Å². The predicted molar refractivity (Wildman–Crippen MR) is 53.8 cm³/mol. The summed E-state index contributed by atoms with van der Waals surface area (Å²) >= 11 is 0. The smallest absolute Gasteiger partial charge is 0.140 e. The maximum absolute atomic E-state index is 9.82. The highest BCUT2D eigenvalue weighted by atomic mass is 16.3. The van der Waals surface area contributed by atoms with Gasteiger partial charge in [0.15, 0.2) is 0 Å². The minimum Gasteiger partial charge on any atom is -0.387 e. The largest absolute Gasteiger partial charge is 0.387 e. The molecule has 0 radical (unpaired) electrons. The first-order valence-electron chi connectivity index (χ1n) is 4.88. The van der Waals surface area contributed by atoms with Crippen LogP contribution in [-0.2, 0) is 6.54 Å². The van der Waals surface area contributed by atoms with Crippen molar-refractivity contribution in [3.63, 3.8) is 0 Å². The van der Waals surface area contributed by atoms with E-state index in [1.807, 2.05) is 10.8 Å². The number of rotatable bonds is 4. The molecule has 0 bridgehead atoms. The van der Waals surface area contributed by atoms with Crippen LogP contribution in [0.15, 0.2) is 12.4 Å². The Bertz CT molecular complexity index is 289. The molecule has 0 aliphatic carbocycles. The highest BCUT2D eigenvalue weighted by molar-refractivity contribution is 5.01. The zero-order chi connectivity index (χ0) is 10.8. The summed E-state index contributed by atoms with van der Waals surface area (Å²) in [6.07, 6.45) is 3.49. The molecule has 0 aromatic carbocycles. The monoisotopic (exact) mass is 198 g/mol. The van der Waals surface area contributed by atoms with Gasteiger partial charge < -0.3 is 14.8 Å². The quantitative estimate of drug-likeness (QED) is 0.761. The van der Waals surface area contributed by atoms with Crippen molar-refractivity contribution in [2.24, 2.45) is 0 Å². The third-order valence-corrected chi connectivity index (χ3v) is 2.13. The average molecular weight is 198 g/mol. The summed E-state index contributed by atoms with van der Waals surface area (Å²) in [5.74, 6) is 0.527. The van der Waals surface area contributed by atoms with E-state index >= 15 is 0 Å². The fraction of sp³-hybridized carbons (Fsp3) is 0.700. The summed E-state index contributed by atoms with van der Waals surface area (Å²) in [5.41, 5.74) is -1.16. The van der Waals surface area contributed by atoms with E-state index in [0.29, 0.717) is 5.82 Å². The van der Waals surface area contributed by atoms with Gasteiger partial charge in [-0.05, 0) is 20.3 Å². The van der Waals surface area contributed by atoms with Crippen molar-refractivity contribution in [1.29, 1.82) is 0 Å². The highest BCUT2D eigenvalue weighted by Gasteiger charge is 2.29. The van der Waals surface area contributed by atoms with Crippen LogP contribution >= 0.6 is 0 Å². The molecule has 1 aromatic heterocycles. The molecular formula is C10H18N2O2. The summed E-state index contributed by atoms with van der Waals surface area (Å²) < 4.78 is 1.86. The highest BCUT2D eigenvalue weighted by Crippen LogP contribution is 2.23. The standard InChI is InChI=1S/C10H18N2O2/c1-4-6-12-7-5-11-9(12)8(13)10(2,3)14/h5,7-8,13-14H,4,6H2,1-3H3. The molecule has 0 saturated carbocycles. The number of imidazole rings is 1. The van der Waals surface area contributed by atoms with Crippen molar-refractivity contribution < 1.29 is 10.2 Å². The van der Waals surface area contributed by atoms with E-state index in [1.54, 1.807) is 20.0 Å². The van der Waals surface area contributed by atoms with Crippen molar-refractivity contribution in [1.82, 2.24) is 9.55 Å². The van der Waals surface area contributed by atoms with Crippen LogP contribution in [0.4, 0.5) is 0 Å². The summed E-state index contributed by atoms with van der Waals surface area (Å²) in [6, 6.07) is 0. The Hall–Kier alpha value is -0.870. The second-order valence-electron chi connectivity index (χ2n) is 4.04. The minimum atomic E-state index is -1.16. The van der Waals surface area contributed by atoms with Gasteiger partial charge in [0.25, 0.3) is 0 Å². The number of nitrogens with zero attached hydrogens (tertiary/aromatic N) is 2. The lowest BCUT2D eigenvalue weighted by molar-refractivity contribution is -0.0555. The normalized spacial score (nSPS) is 14.4. The van der Waals surface area contributed by atoms with Gasteiger partial charge in [0.05, 0.1) is 5.60 Å². The van der Waals surface area contributed by atoms with Gasteiger partial charge in [0.2, 0.25) is 0 Å². The minimum absolute atomic E-state index is 0.527. The van der Waals surface area contributed by atoms with Crippen LogP contribution in [0, 0.1) is 0 Å². The van der Waals surface area contributed by atoms with Crippen LogP contribution in [0.5, 0.6) is 0 Å². The van der Waals surface area contributed by atoms with E-state index in [9.17, 15) is 10.2 Å². The molecule has 1 atom stereocenters. The van der Waals surface area contributed by atoms with Crippen molar-refractivity contribution >= 4 is 0 Å². The second kappa shape index (κ2) is 4.11. The fourth-order valence-corrected chi connectivity index (χ4v) is 1.31. The second-order valence-corrected chi connectivity index (χ2v) is 4.04. The third-order valence-electron chi connectivity index (χ3n) is 2.13. The predicted octanol–water partition coefficient (Wildman–Crippen LogP) is 1.10. The Balaban J connectivity index is 2.89. The van der Waals surface area contributed by atoms with Gasteiger partial charge in [-0.15, -0.1) is 0 Å². The number of aliphatic hydroxyl groups excluding tert-OH is 1. The molecule has 1 heterocycles.